The molecular weight excluding hydrogens is 506 g/mol. The Morgan fingerprint density at radius 2 is 2.00 bits per heavy atom. The molecule has 31 heavy (non-hydrogen) atoms. The maximum absolute atomic E-state index is 14.6. The molecule has 0 radical (unpaired) electrons. The summed E-state index contributed by atoms with van der Waals surface area (Å²) in [5, 5.41) is 0. The average molecular weight is 528 g/mol. The number of ether oxygens (including phenoxy) is 1. The maximum Gasteiger partial charge on any atom is 0.127 e. The summed E-state index contributed by atoms with van der Waals surface area (Å²) in [6, 6.07) is 7.38. The average Bonchev–Trinajstić information content (AvgIpc) is 3.40. The van der Waals surface area contributed by atoms with E-state index >= 15 is 0 Å². The first kappa shape index (κ1) is 20.4. The molecule has 5 nitrogen and oxygen atoms in total. The maximum atomic E-state index is 14.6. The molecule has 0 saturated carbocycles. The number of benzene rings is 1. The summed E-state index contributed by atoms with van der Waals surface area (Å²) in [5.74, 6) is 1.50. The van der Waals surface area contributed by atoms with Crippen molar-refractivity contribution in [2.45, 2.75) is 39.5 Å². The number of aryl methyl sites for hydroxylation is 3. The lowest BCUT2D eigenvalue weighted by Gasteiger charge is -2.13. The minimum Gasteiger partial charge on any atom is -0.493 e. The molecule has 158 valence electrons. The predicted octanol–water partition coefficient (Wildman–Crippen LogP) is 5.13. The van der Waals surface area contributed by atoms with Crippen molar-refractivity contribution in [3.8, 4) is 16.9 Å². The van der Waals surface area contributed by atoms with Crippen LogP contribution < -0.4 is 4.74 Å². The number of fused-ring (bicyclic) bond motifs is 2. The van der Waals surface area contributed by atoms with Gasteiger partial charge in [-0.1, -0.05) is 13.0 Å². The molecule has 0 aliphatic carbocycles. The molecule has 1 aromatic carbocycles. The van der Waals surface area contributed by atoms with E-state index in [1.807, 2.05) is 29.9 Å². The summed E-state index contributed by atoms with van der Waals surface area (Å²) in [7, 11) is 0. The molecule has 0 unspecified atom stereocenters. The van der Waals surface area contributed by atoms with Crippen LogP contribution in [-0.2, 0) is 25.7 Å². The predicted molar refractivity (Wildman–Crippen MR) is 126 cm³/mol. The van der Waals surface area contributed by atoms with Gasteiger partial charge in [-0.05, 0) is 66.1 Å². The number of hydrogen-bond donors (Lipinski definition) is 0. The number of rotatable bonds is 5. The highest BCUT2D eigenvalue weighted by molar-refractivity contribution is 14.1. The van der Waals surface area contributed by atoms with Crippen LogP contribution in [0.5, 0.6) is 5.75 Å². The smallest absolute Gasteiger partial charge is 0.127 e. The van der Waals surface area contributed by atoms with E-state index in [2.05, 4.69) is 40.6 Å². The van der Waals surface area contributed by atoms with Crippen LogP contribution in [0.3, 0.4) is 0 Å². The Morgan fingerprint density at radius 3 is 2.84 bits per heavy atom. The largest absolute Gasteiger partial charge is 0.493 e. The summed E-state index contributed by atoms with van der Waals surface area (Å²) in [6.07, 6.45) is 6.51. The van der Waals surface area contributed by atoms with Gasteiger partial charge >= 0.3 is 0 Å². The Morgan fingerprint density at radius 1 is 1.13 bits per heavy atom. The fourth-order valence-electron chi connectivity index (χ4n) is 4.36. The fourth-order valence-corrected chi connectivity index (χ4v) is 5.03. The molecule has 0 saturated heterocycles. The van der Waals surface area contributed by atoms with Crippen molar-refractivity contribution in [2.75, 3.05) is 6.61 Å². The van der Waals surface area contributed by atoms with Crippen LogP contribution in [0.1, 0.15) is 35.3 Å². The quantitative estimate of drug-likeness (QED) is 0.338. The van der Waals surface area contributed by atoms with Gasteiger partial charge in [-0.3, -0.25) is 9.38 Å². The number of hydrogen-bond acceptors (Lipinski definition) is 4. The molecule has 1 aliphatic rings. The zero-order valence-electron chi connectivity index (χ0n) is 17.5. The van der Waals surface area contributed by atoms with E-state index in [-0.39, 0.29) is 5.82 Å². The van der Waals surface area contributed by atoms with Crippen LogP contribution in [0.2, 0.25) is 0 Å². The van der Waals surface area contributed by atoms with Crippen molar-refractivity contribution >= 4 is 28.1 Å². The lowest BCUT2D eigenvalue weighted by atomic mass is 9.99. The first-order valence-electron chi connectivity index (χ1n) is 10.5. The van der Waals surface area contributed by atoms with E-state index in [0.717, 1.165) is 67.3 Å². The van der Waals surface area contributed by atoms with Crippen molar-refractivity contribution in [3.05, 3.63) is 74.6 Å². The molecule has 3 aromatic heterocycles. The first-order chi connectivity index (χ1) is 15.1. The summed E-state index contributed by atoms with van der Waals surface area (Å²) in [5.41, 5.74) is 6.91. The third-order valence-corrected chi connectivity index (χ3v) is 6.67. The molecule has 0 fully saturated rings. The van der Waals surface area contributed by atoms with E-state index in [4.69, 9.17) is 14.7 Å². The zero-order valence-corrected chi connectivity index (χ0v) is 19.6. The van der Waals surface area contributed by atoms with Gasteiger partial charge in [0.2, 0.25) is 0 Å². The third kappa shape index (κ3) is 3.58. The molecule has 5 rings (SSSR count). The highest BCUT2D eigenvalue weighted by atomic mass is 127. The van der Waals surface area contributed by atoms with Gasteiger partial charge in [0, 0.05) is 47.1 Å². The SMILES string of the molecule is CCc1nc(C)ccc1-c1cnc(CCc2c(F)ccc3c2CCO3)n2cnc(I)c12. The van der Waals surface area contributed by atoms with E-state index in [9.17, 15) is 4.39 Å². The van der Waals surface area contributed by atoms with Crippen LogP contribution in [0.4, 0.5) is 4.39 Å². The van der Waals surface area contributed by atoms with Crippen LogP contribution >= 0.6 is 22.6 Å². The van der Waals surface area contributed by atoms with Crippen LogP contribution in [0.25, 0.3) is 16.6 Å². The van der Waals surface area contributed by atoms with Crippen molar-refractivity contribution in [3.63, 3.8) is 0 Å². The normalized spacial score (nSPS) is 12.9. The molecule has 4 heterocycles. The number of nitrogens with zero attached hydrogens (tertiary/aromatic N) is 4. The number of pyridine rings is 1. The summed E-state index contributed by atoms with van der Waals surface area (Å²) in [4.78, 5) is 14.0. The molecule has 0 atom stereocenters. The van der Waals surface area contributed by atoms with Crippen molar-refractivity contribution in [1.82, 2.24) is 19.4 Å². The highest BCUT2D eigenvalue weighted by Gasteiger charge is 2.21. The van der Waals surface area contributed by atoms with Crippen molar-refractivity contribution < 1.29 is 9.13 Å². The van der Waals surface area contributed by atoms with Gasteiger partial charge in [0.1, 0.15) is 27.4 Å². The Bertz CT molecular complexity index is 1300. The van der Waals surface area contributed by atoms with Crippen molar-refractivity contribution in [2.24, 2.45) is 0 Å². The Kier molecular flexibility index (Phi) is 5.37. The Balaban J connectivity index is 1.55. The second-order valence-corrected chi connectivity index (χ2v) is 8.77. The molecule has 7 heteroatoms. The lowest BCUT2D eigenvalue weighted by Crippen LogP contribution is -2.06. The minimum absolute atomic E-state index is 0.171. The van der Waals surface area contributed by atoms with Gasteiger partial charge in [-0.15, -0.1) is 0 Å². The zero-order chi connectivity index (χ0) is 21.5. The van der Waals surface area contributed by atoms with Crippen LogP contribution in [0.15, 0.2) is 36.8 Å². The summed E-state index contributed by atoms with van der Waals surface area (Å²) >= 11 is 2.27. The van der Waals surface area contributed by atoms with Crippen molar-refractivity contribution in [1.29, 1.82) is 0 Å². The molecule has 0 N–H and O–H groups in total. The van der Waals surface area contributed by atoms with E-state index < -0.39 is 0 Å². The van der Waals surface area contributed by atoms with Gasteiger partial charge < -0.3 is 4.74 Å². The highest BCUT2D eigenvalue weighted by Crippen LogP contribution is 2.32. The molecule has 0 spiro atoms. The molecule has 1 aliphatic heterocycles. The second kappa shape index (κ2) is 8.18. The topological polar surface area (TPSA) is 52.3 Å². The molecular formula is C24H22FIN4O. The van der Waals surface area contributed by atoms with Gasteiger partial charge in [0.05, 0.1) is 12.1 Å². The molecule has 0 bridgehead atoms. The van der Waals surface area contributed by atoms with Gasteiger partial charge in [0.25, 0.3) is 0 Å². The van der Waals surface area contributed by atoms with E-state index in [1.54, 1.807) is 6.07 Å². The minimum atomic E-state index is -0.171. The number of halogens is 2. The number of aromatic nitrogens is 4. The summed E-state index contributed by atoms with van der Waals surface area (Å²) < 4.78 is 23.1. The fraction of sp³-hybridized carbons (Fsp3) is 0.292. The van der Waals surface area contributed by atoms with Gasteiger partial charge in [-0.25, -0.2) is 14.4 Å². The van der Waals surface area contributed by atoms with E-state index in [1.165, 1.54) is 6.07 Å². The van der Waals surface area contributed by atoms with Gasteiger partial charge in [-0.2, -0.15) is 0 Å². The summed E-state index contributed by atoms with van der Waals surface area (Å²) in [6.45, 7) is 4.74. The second-order valence-electron chi connectivity index (χ2n) is 7.74. The first-order valence-corrected chi connectivity index (χ1v) is 11.5. The lowest BCUT2D eigenvalue weighted by molar-refractivity contribution is 0.356. The number of imidazole rings is 1. The monoisotopic (exact) mass is 528 g/mol. The standard InChI is InChI=1S/C24H22FIN4O/c1-3-20-16(5-4-14(2)29-20)18-12-27-22(30-13-28-24(26)23(18)30)9-6-15-17-10-11-31-21(17)8-7-19(15)25/h4-5,7-8,12-13H,3,6,9-11H2,1-2H3. The van der Waals surface area contributed by atoms with Gasteiger partial charge in [0.15, 0.2) is 0 Å². The molecule has 4 aromatic rings. The third-order valence-electron chi connectivity index (χ3n) is 5.88. The van der Waals surface area contributed by atoms with E-state index in [0.29, 0.717) is 19.4 Å². The van der Waals surface area contributed by atoms with Crippen LogP contribution in [0, 0.1) is 16.4 Å². The Labute approximate surface area is 193 Å². The molecule has 0 amide bonds. The Hall–Kier alpha value is -2.55. The van der Waals surface area contributed by atoms with Crippen LogP contribution in [-0.4, -0.2) is 26.0 Å².